The van der Waals surface area contributed by atoms with Crippen LogP contribution in [0.2, 0.25) is 5.02 Å². The summed E-state index contributed by atoms with van der Waals surface area (Å²) >= 11 is 5.87. The van der Waals surface area contributed by atoms with Gasteiger partial charge >= 0.3 is 0 Å². The first kappa shape index (κ1) is 21.4. The van der Waals surface area contributed by atoms with E-state index in [9.17, 15) is 18.5 Å². The van der Waals surface area contributed by atoms with Gasteiger partial charge < -0.3 is 9.47 Å². The van der Waals surface area contributed by atoms with Crippen LogP contribution in [0.3, 0.4) is 0 Å². The third-order valence-corrected chi connectivity index (χ3v) is 5.96. The van der Waals surface area contributed by atoms with Crippen molar-refractivity contribution >= 4 is 44.9 Å². The van der Waals surface area contributed by atoms with Crippen LogP contribution in [-0.4, -0.2) is 26.3 Å². The molecule has 4 rings (SSSR count). The number of benzene rings is 3. The van der Waals surface area contributed by atoms with Crippen LogP contribution in [0.1, 0.15) is 5.56 Å². The molecular weight excluding hydrogens is 460 g/mol. The molecule has 2 N–H and O–H groups in total. The number of fused-ring (bicyclic) bond motifs is 1. The summed E-state index contributed by atoms with van der Waals surface area (Å²) in [7, 11) is -4.08. The van der Waals surface area contributed by atoms with E-state index in [1.807, 2.05) is 0 Å². The molecule has 164 valence electrons. The minimum absolute atomic E-state index is 0.0219. The second kappa shape index (κ2) is 8.73. The monoisotopic (exact) mass is 474 g/mol. The fourth-order valence-electron chi connectivity index (χ4n) is 2.86. The van der Waals surface area contributed by atoms with Gasteiger partial charge in [-0.2, -0.15) is 5.10 Å². The summed E-state index contributed by atoms with van der Waals surface area (Å²) in [5, 5.41) is 15.9. The van der Waals surface area contributed by atoms with Gasteiger partial charge in [0.15, 0.2) is 11.5 Å². The number of nitrogens with zero attached hydrogens (tertiary/aromatic N) is 2. The lowest BCUT2D eigenvalue weighted by Crippen LogP contribution is -2.13. The van der Waals surface area contributed by atoms with Gasteiger partial charge in [0, 0.05) is 11.1 Å². The summed E-state index contributed by atoms with van der Waals surface area (Å²) < 4.78 is 38.1. The van der Waals surface area contributed by atoms with Crippen LogP contribution in [-0.2, 0) is 10.0 Å². The lowest BCUT2D eigenvalue weighted by molar-refractivity contribution is -0.384. The molecule has 1 heterocycles. The summed E-state index contributed by atoms with van der Waals surface area (Å²) in [5.74, 6) is 1.19. The second-order valence-electron chi connectivity index (χ2n) is 6.53. The average Bonchev–Trinajstić information content (AvgIpc) is 3.21. The van der Waals surface area contributed by atoms with Gasteiger partial charge in [0.2, 0.25) is 6.79 Å². The van der Waals surface area contributed by atoms with Crippen molar-refractivity contribution in [2.75, 3.05) is 16.9 Å². The molecule has 0 amide bonds. The highest BCUT2D eigenvalue weighted by molar-refractivity contribution is 7.92. The van der Waals surface area contributed by atoms with E-state index in [2.05, 4.69) is 15.2 Å². The molecule has 0 saturated carbocycles. The van der Waals surface area contributed by atoms with E-state index >= 15 is 0 Å². The number of nitrogens with one attached hydrogen (secondary N) is 2. The fraction of sp³-hybridized carbons (Fsp3) is 0.0500. The predicted molar refractivity (Wildman–Crippen MR) is 119 cm³/mol. The van der Waals surface area contributed by atoms with Crippen LogP contribution in [0, 0.1) is 10.1 Å². The maximum atomic E-state index is 12.6. The van der Waals surface area contributed by atoms with Crippen molar-refractivity contribution in [2.45, 2.75) is 4.90 Å². The van der Waals surface area contributed by atoms with Gasteiger partial charge in [-0.05, 0) is 54.1 Å². The van der Waals surface area contributed by atoms with Crippen LogP contribution in [0.15, 0.2) is 70.7 Å². The maximum absolute atomic E-state index is 12.6. The molecule has 1 aliphatic rings. The van der Waals surface area contributed by atoms with Gasteiger partial charge in [-0.25, -0.2) is 8.42 Å². The summed E-state index contributed by atoms with van der Waals surface area (Å²) in [6.45, 7) is 0.141. The molecule has 0 bridgehead atoms. The molecular formula is C20H15ClN4O6S. The van der Waals surface area contributed by atoms with Gasteiger partial charge in [-0.3, -0.25) is 20.3 Å². The molecule has 0 spiro atoms. The lowest BCUT2D eigenvalue weighted by atomic mass is 10.2. The van der Waals surface area contributed by atoms with E-state index < -0.39 is 20.6 Å². The van der Waals surface area contributed by atoms with E-state index in [0.717, 1.165) is 6.07 Å². The van der Waals surface area contributed by atoms with Crippen molar-refractivity contribution in [2.24, 2.45) is 5.10 Å². The molecule has 1 aliphatic heterocycles. The van der Waals surface area contributed by atoms with Crippen LogP contribution in [0.25, 0.3) is 0 Å². The lowest BCUT2D eigenvalue weighted by Gasteiger charge is -2.09. The molecule has 0 atom stereocenters. The van der Waals surface area contributed by atoms with Crippen LogP contribution < -0.4 is 19.6 Å². The van der Waals surface area contributed by atoms with Gasteiger partial charge in [-0.15, -0.1) is 0 Å². The Morgan fingerprint density at radius 2 is 1.88 bits per heavy atom. The predicted octanol–water partition coefficient (Wildman–Crippen LogP) is 4.22. The first-order chi connectivity index (χ1) is 15.3. The Bertz CT molecular complexity index is 1330. The maximum Gasteiger partial charge on any atom is 0.295 e. The Balaban J connectivity index is 1.54. The largest absolute Gasteiger partial charge is 0.454 e. The standard InChI is InChI=1S/C20H15ClN4O6S/c21-14-2-1-3-15(9-14)24-32(28,29)16-5-6-17(18(10-16)25(26)27)23-22-11-13-4-7-19-20(8-13)31-12-30-19/h1-11,23-24H,12H2/b22-11+. The van der Waals surface area contributed by atoms with Gasteiger partial charge in [-0.1, -0.05) is 17.7 Å². The number of rotatable bonds is 7. The minimum Gasteiger partial charge on any atom is -0.454 e. The molecule has 0 saturated heterocycles. The van der Waals surface area contributed by atoms with Crippen LogP contribution >= 0.6 is 11.6 Å². The van der Waals surface area contributed by atoms with E-state index in [-0.39, 0.29) is 23.1 Å². The highest BCUT2D eigenvalue weighted by atomic mass is 35.5. The molecule has 3 aromatic carbocycles. The summed E-state index contributed by atoms with van der Waals surface area (Å²) in [5.41, 5.74) is 3.04. The Kier molecular flexibility index (Phi) is 5.84. The molecule has 0 radical (unpaired) electrons. The van der Waals surface area contributed by atoms with Crippen molar-refractivity contribution in [3.8, 4) is 11.5 Å². The van der Waals surface area contributed by atoms with E-state index in [0.29, 0.717) is 22.1 Å². The average molecular weight is 475 g/mol. The molecule has 0 aromatic heterocycles. The van der Waals surface area contributed by atoms with Crippen molar-refractivity contribution in [3.63, 3.8) is 0 Å². The molecule has 0 aliphatic carbocycles. The van der Waals surface area contributed by atoms with Crippen molar-refractivity contribution in [1.82, 2.24) is 0 Å². The third-order valence-electron chi connectivity index (χ3n) is 4.35. The normalized spacial score (nSPS) is 12.7. The molecule has 10 nitrogen and oxygen atoms in total. The van der Waals surface area contributed by atoms with E-state index in [4.69, 9.17) is 21.1 Å². The molecule has 32 heavy (non-hydrogen) atoms. The van der Waals surface area contributed by atoms with Crippen LogP contribution in [0.4, 0.5) is 17.1 Å². The van der Waals surface area contributed by atoms with E-state index in [1.54, 1.807) is 30.3 Å². The van der Waals surface area contributed by atoms with Gasteiger partial charge in [0.25, 0.3) is 15.7 Å². The summed E-state index contributed by atoms with van der Waals surface area (Å²) in [6.07, 6.45) is 1.44. The zero-order valence-electron chi connectivity index (χ0n) is 16.2. The van der Waals surface area contributed by atoms with Gasteiger partial charge in [0.05, 0.1) is 21.7 Å². The first-order valence-corrected chi connectivity index (χ1v) is 10.9. The Labute approximate surface area is 187 Å². The topological polar surface area (TPSA) is 132 Å². The summed E-state index contributed by atoms with van der Waals surface area (Å²) in [4.78, 5) is 10.5. The number of hydrogen-bond donors (Lipinski definition) is 2. The van der Waals surface area contributed by atoms with Gasteiger partial charge in [0.1, 0.15) is 5.69 Å². The number of halogens is 1. The second-order valence-corrected chi connectivity index (χ2v) is 8.65. The van der Waals surface area contributed by atoms with E-state index in [1.165, 1.54) is 30.5 Å². The Hall–Kier alpha value is -3.83. The number of nitro groups is 1. The number of hydrazone groups is 1. The number of nitro benzene ring substituents is 1. The minimum atomic E-state index is -4.08. The Morgan fingerprint density at radius 1 is 1.06 bits per heavy atom. The molecule has 0 unspecified atom stereocenters. The first-order valence-electron chi connectivity index (χ1n) is 9.07. The SMILES string of the molecule is O=[N+]([O-])c1cc(S(=O)(=O)Nc2cccc(Cl)c2)ccc1N/N=C/c1ccc2c(c1)OCO2. The number of hydrogen-bond acceptors (Lipinski definition) is 8. The fourth-order valence-corrected chi connectivity index (χ4v) is 4.12. The number of ether oxygens (including phenoxy) is 2. The molecule has 12 heteroatoms. The number of anilines is 2. The highest BCUT2D eigenvalue weighted by Gasteiger charge is 2.22. The van der Waals surface area contributed by atoms with Crippen molar-refractivity contribution in [3.05, 3.63) is 81.4 Å². The summed E-state index contributed by atoms with van der Waals surface area (Å²) in [6, 6.07) is 14.7. The number of sulfonamides is 1. The highest BCUT2D eigenvalue weighted by Crippen LogP contribution is 2.32. The zero-order valence-corrected chi connectivity index (χ0v) is 17.8. The zero-order chi connectivity index (χ0) is 22.7. The third kappa shape index (κ3) is 4.74. The molecule has 0 fully saturated rings. The van der Waals surface area contributed by atoms with Crippen molar-refractivity contribution in [1.29, 1.82) is 0 Å². The van der Waals surface area contributed by atoms with Crippen LogP contribution in [0.5, 0.6) is 11.5 Å². The smallest absolute Gasteiger partial charge is 0.295 e. The molecule has 3 aromatic rings. The Morgan fingerprint density at radius 3 is 2.66 bits per heavy atom. The van der Waals surface area contributed by atoms with Crippen molar-refractivity contribution < 1.29 is 22.8 Å². The quantitative estimate of drug-likeness (QED) is 0.297.